The Balaban J connectivity index is 1.69. The number of rotatable bonds is 14. The van der Waals surface area contributed by atoms with Crippen LogP contribution in [0.4, 0.5) is 5.69 Å². The molecule has 0 bridgehead atoms. The molecule has 0 fully saturated rings. The van der Waals surface area contributed by atoms with Crippen LogP contribution in [0.15, 0.2) is 120 Å². The molecule has 1 N–H and O–H groups in total. The Morgan fingerprint density at radius 2 is 1.33 bits per heavy atom. The minimum atomic E-state index is -4.15. The number of carbonyl (C=O) groups is 2. The number of carbonyl (C=O) groups excluding carboxylic acids is 2. The quantitative estimate of drug-likeness (QED) is 0.192. The number of hydrogen-bond donors (Lipinski definition) is 1. The zero-order chi connectivity index (χ0) is 30.7. The first-order chi connectivity index (χ1) is 20.8. The van der Waals surface area contributed by atoms with Crippen LogP contribution in [0.5, 0.6) is 11.5 Å². The lowest BCUT2D eigenvalue weighted by Gasteiger charge is -2.33. The second-order valence-electron chi connectivity index (χ2n) is 9.96. The number of nitrogens with zero attached hydrogens (tertiary/aromatic N) is 2. The van der Waals surface area contributed by atoms with Gasteiger partial charge in [0.2, 0.25) is 11.8 Å². The third kappa shape index (κ3) is 8.23. The van der Waals surface area contributed by atoms with Crippen molar-refractivity contribution < 1.29 is 22.7 Å². The predicted molar refractivity (Wildman–Crippen MR) is 168 cm³/mol. The number of ether oxygens (including phenoxy) is 1. The summed E-state index contributed by atoms with van der Waals surface area (Å²) in [4.78, 5) is 28.8. The van der Waals surface area contributed by atoms with E-state index in [-0.39, 0.29) is 17.3 Å². The molecule has 0 spiro atoms. The molecular weight excluding hydrogens is 562 g/mol. The molecule has 224 valence electrons. The van der Waals surface area contributed by atoms with Gasteiger partial charge in [0.15, 0.2) is 0 Å². The maximum absolute atomic E-state index is 14.1. The molecule has 0 heterocycles. The molecule has 0 unspecified atom stereocenters. The normalized spacial score (nSPS) is 11.8. The molecule has 0 radical (unpaired) electrons. The van der Waals surface area contributed by atoms with Gasteiger partial charge in [0, 0.05) is 13.1 Å². The third-order valence-corrected chi connectivity index (χ3v) is 8.63. The Hall–Kier alpha value is -4.63. The highest BCUT2D eigenvalue weighted by Gasteiger charge is 2.33. The Morgan fingerprint density at radius 1 is 0.767 bits per heavy atom. The highest BCUT2D eigenvalue weighted by atomic mass is 32.2. The van der Waals surface area contributed by atoms with E-state index in [1.807, 2.05) is 74.5 Å². The summed E-state index contributed by atoms with van der Waals surface area (Å²) in [6.07, 6.45) is 1.12. The summed E-state index contributed by atoms with van der Waals surface area (Å²) in [5.41, 5.74) is 1.12. The average Bonchev–Trinajstić information content (AvgIpc) is 3.04. The van der Waals surface area contributed by atoms with Gasteiger partial charge in [0.25, 0.3) is 10.0 Å². The average molecular weight is 600 g/mol. The van der Waals surface area contributed by atoms with Gasteiger partial charge in [-0.3, -0.25) is 13.9 Å². The summed E-state index contributed by atoms with van der Waals surface area (Å²) in [5.74, 6) is 0.394. The zero-order valence-corrected chi connectivity index (χ0v) is 25.2. The standard InChI is InChI=1S/C34H37N3O5S/c1-3-24-35-34(39)32(4-2)36(25-27-14-8-5-9-15-27)33(38)26-37(43(40,41)31-18-12-7-13-19-31)28-20-22-30(23-21-28)42-29-16-10-6-11-17-29/h5-23,32H,3-4,24-26H2,1-2H3,(H,35,39)/t32-/m1/s1. The van der Waals surface area contributed by atoms with Gasteiger partial charge >= 0.3 is 0 Å². The minimum absolute atomic E-state index is 0.0507. The molecule has 43 heavy (non-hydrogen) atoms. The van der Waals surface area contributed by atoms with Crippen molar-refractivity contribution in [2.45, 2.75) is 44.2 Å². The van der Waals surface area contributed by atoms with Crippen LogP contribution in [0.1, 0.15) is 32.3 Å². The molecule has 0 saturated heterocycles. The number of benzene rings is 4. The van der Waals surface area contributed by atoms with E-state index in [1.54, 1.807) is 42.5 Å². The maximum atomic E-state index is 14.1. The van der Waals surface area contributed by atoms with Gasteiger partial charge in [0.05, 0.1) is 10.6 Å². The summed E-state index contributed by atoms with van der Waals surface area (Å²) >= 11 is 0. The van der Waals surface area contributed by atoms with Crippen molar-refractivity contribution in [3.8, 4) is 11.5 Å². The summed E-state index contributed by atoms with van der Waals surface area (Å²) < 4.78 is 34.9. The Labute approximate surface area is 254 Å². The predicted octanol–water partition coefficient (Wildman–Crippen LogP) is 6.01. The molecule has 4 rings (SSSR count). The number of amides is 2. The van der Waals surface area contributed by atoms with Gasteiger partial charge in [-0.1, -0.05) is 80.6 Å². The van der Waals surface area contributed by atoms with E-state index >= 15 is 0 Å². The van der Waals surface area contributed by atoms with Crippen molar-refractivity contribution in [3.05, 3.63) is 121 Å². The molecule has 0 aliphatic rings. The Bertz CT molecular complexity index is 1570. The zero-order valence-electron chi connectivity index (χ0n) is 24.4. The van der Waals surface area contributed by atoms with Gasteiger partial charge in [-0.05, 0) is 66.9 Å². The van der Waals surface area contributed by atoms with Crippen LogP contribution in [0, 0.1) is 0 Å². The van der Waals surface area contributed by atoms with Crippen LogP contribution in [0.2, 0.25) is 0 Å². The van der Waals surface area contributed by atoms with E-state index in [1.165, 1.54) is 17.0 Å². The number of anilines is 1. The van der Waals surface area contributed by atoms with E-state index < -0.39 is 28.5 Å². The van der Waals surface area contributed by atoms with Gasteiger partial charge in [-0.2, -0.15) is 0 Å². The molecule has 4 aromatic carbocycles. The molecular formula is C34H37N3O5S. The van der Waals surface area contributed by atoms with Gasteiger partial charge in [0.1, 0.15) is 24.1 Å². The van der Waals surface area contributed by atoms with Crippen molar-refractivity contribution in [2.24, 2.45) is 0 Å². The van der Waals surface area contributed by atoms with Crippen LogP contribution in [0.3, 0.4) is 0 Å². The number of hydrogen-bond acceptors (Lipinski definition) is 5. The molecule has 4 aromatic rings. The smallest absolute Gasteiger partial charge is 0.264 e. The van der Waals surface area contributed by atoms with Crippen molar-refractivity contribution in [2.75, 3.05) is 17.4 Å². The van der Waals surface area contributed by atoms with E-state index in [4.69, 9.17) is 4.74 Å². The maximum Gasteiger partial charge on any atom is 0.264 e. The second-order valence-corrected chi connectivity index (χ2v) is 11.8. The van der Waals surface area contributed by atoms with Crippen molar-refractivity contribution in [1.82, 2.24) is 10.2 Å². The van der Waals surface area contributed by atoms with Crippen LogP contribution >= 0.6 is 0 Å². The SMILES string of the molecule is CCCNC(=O)[C@@H](CC)N(Cc1ccccc1)C(=O)CN(c1ccc(Oc2ccccc2)cc1)S(=O)(=O)c1ccccc1. The van der Waals surface area contributed by atoms with Gasteiger partial charge < -0.3 is 15.0 Å². The fourth-order valence-corrected chi connectivity index (χ4v) is 6.05. The highest BCUT2D eigenvalue weighted by molar-refractivity contribution is 7.92. The largest absolute Gasteiger partial charge is 0.457 e. The molecule has 0 aliphatic heterocycles. The summed E-state index contributed by atoms with van der Waals surface area (Å²) in [6.45, 7) is 3.93. The fourth-order valence-electron chi connectivity index (χ4n) is 4.62. The van der Waals surface area contributed by atoms with E-state index in [0.29, 0.717) is 30.2 Å². The van der Waals surface area contributed by atoms with Gasteiger partial charge in [-0.25, -0.2) is 8.42 Å². The van der Waals surface area contributed by atoms with E-state index in [2.05, 4.69) is 5.32 Å². The first-order valence-corrected chi connectivity index (χ1v) is 15.8. The number of nitrogens with one attached hydrogen (secondary N) is 1. The minimum Gasteiger partial charge on any atom is -0.457 e. The Kier molecular flexibility index (Phi) is 10.9. The molecule has 0 saturated carbocycles. The first-order valence-electron chi connectivity index (χ1n) is 14.3. The van der Waals surface area contributed by atoms with Gasteiger partial charge in [-0.15, -0.1) is 0 Å². The molecule has 0 aliphatic carbocycles. The van der Waals surface area contributed by atoms with E-state index in [0.717, 1.165) is 16.3 Å². The Morgan fingerprint density at radius 3 is 1.91 bits per heavy atom. The van der Waals surface area contributed by atoms with E-state index in [9.17, 15) is 18.0 Å². The second kappa shape index (κ2) is 15.0. The molecule has 2 amide bonds. The third-order valence-electron chi connectivity index (χ3n) is 6.84. The summed E-state index contributed by atoms with van der Waals surface area (Å²) in [5, 5.41) is 2.89. The van der Waals surface area contributed by atoms with Crippen molar-refractivity contribution in [1.29, 1.82) is 0 Å². The molecule has 1 atom stereocenters. The monoisotopic (exact) mass is 599 g/mol. The van der Waals surface area contributed by atoms with Crippen LogP contribution in [-0.4, -0.2) is 44.3 Å². The van der Waals surface area contributed by atoms with Crippen LogP contribution in [-0.2, 0) is 26.2 Å². The topological polar surface area (TPSA) is 96.0 Å². The lowest BCUT2D eigenvalue weighted by atomic mass is 10.1. The lowest BCUT2D eigenvalue weighted by molar-refractivity contribution is -0.140. The number of sulfonamides is 1. The summed E-state index contributed by atoms with van der Waals surface area (Å²) in [6, 6.07) is 32.4. The van der Waals surface area contributed by atoms with Crippen LogP contribution < -0.4 is 14.4 Å². The van der Waals surface area contributed by atoms with Crippen LogP contribution in [0.25, 0.3) is 0 Å². The highest BCUT2D eigenvalue weighted by Crippen LogP contribution is 2.28. The fraction of sp³-hybridized carbons (Fsp3) is 0.235. The van der Waals surface area contributed by atoms with Crippen molar-refractivity contribution in [3.63, 3.8) is 0 Å². The van der Waals surface area contributed by atoms with Crippen molar-refractivity contribution >= 4 is 27.5 Å². The molecule has 0 aromatic heterocycles. The first kappa shape index (κ1) is 31.3. The number of para-hydroxylation sites is 1. The summed E-state index contributed by atoms with van der Waals surface area (Å²) in [7, 11) is -4.15. The lowest BCUT2D eigenvalue weighted by Crippen LogP contribution is -2.52. The molecule has 9 heteroatoms. The molecule has 8 nitrogen and oxygen atoms in total.